The van der Waals surface area contributed by atoms with Gasteiger partial charge < -0.3 is 10.6 Å². The third kappa shape index (κ3) is 2.86. The summed E-state index contributed by atoms with van der Waals surface area (Å²) in [5, 5.41) is 8.39. The van der Waals surface area contributed by atoms with Crippen LogP contribution >= 0.6 is 11.3 Å². The molecule has 2 N–H and O–H groups in total. The van der Waals surface area contributed by atoms with Crippen LogP contribution in [-0.2, 0) is 16.0 Å². The molecule has 0 radical (unpaired) electrons. The van der Waals surface area contributed by atoms with Gasteiger partial charge in [-0.25, -0.2) is 4.98 Å². The topological polar surface area (TPSA) is 71.1 Å². The summed E-state index contributed by atoms with van der Waals surface area (Å²) in [6.45, 7) is 2.09. The lowest BCUT2D eigenvalue weighted by molar-refractivity contribution is -0.118. The van der Waals surface area contributed by atoms with E-state index in [2.05, 4.69) is 28.6 Å². The van der Waals surface area contributed by atoms with E-state index in [-0.39, 0.29) is 17.7 Å². The Hall–Kier alpha value is -2.21. The van der Waals surface area contributed by atoms with E-state index in [4.69, 9.17) is 0 Å². The zero-order chi connectivity index (χ0) is 16.0. The van der Waals surface area contributed by atoms with Crippen molar-refractivity contribution in [2.75, 3.05) is 10.6 Å². The Morgan fingerprint density at radius 1 is 1.39 bits per heavy atom. The summed E-state index contributed by atoms with van der Waals surface area (Å²) >= 11 is 1.44. The van der Waals surface area contributed by atoms with Crippen LogP contribution in [0.5, 0.6) is 0 Å². The van der Waals surface area contributed by atoms with Gasteiger partial charge in [0, 0.05) is 29.0 Å². The van der Waals surface area contributed by atoms with Crippen molar-refractivity contribution in [1.29, 1.82) is 0 Å². The fraction of sp³-hybridized carbons (Fsp3) is 0.353. The number of rotatable bonds is 3. The lowest BCUT2D eigenvalue weighted by Gasteiger charge is -2.17. The zero-order valence-corrected chi connectivity index (χ0v) is 13.6. The number of nitrogens with zero attached hydrogens (tertiary/aromatic N) is 1. The molecule has 2 atom stereocenters. The second-order valence-electron chi connectivity index (χ2n) is 6.27. The van der Waals surface area contributed by atoms with E-state index in [9.17, 15) is 9.59 Å². The fourth-order valence-corrected chi connectivity index (χ4v) is 3.61. The maximum Gasteiger partial charge on any atom is 0.229 e. The zero-order valence-electron chi connectivity index (χ0n) is 12.8. The number of benzene rings is 1. The van der Waals surface area contributed by atoms with Crippen molar-refractivity contribution in [2.24, 2.45) is 11.8 Å². The molecule has 1 aromatic carbocycles. The minimum absolute atomic E-state index is 0.0678. The van der Waals surface area contributed by atoms with Crippen molar-refractivity contribution < 1.29 is 9.59 Å². The molecular formula is C17H17N3O2S. The molecule has 2 amide bonds. The fourth-order valence-electron chi connectivity index (χ4n) is 2.89. The molecule has 0 spiro atoms. The van der Waals surface area contributed by atoms with Crippen molar-refractivity contribution >= 4 is 34.0 Å². The molecule has 0 bridgehead atoms. The van der Waals surface area contributed by atoms with Gasteiger partial charge in [-0.15, -0.1) is 11.3 Å². The Kier molecular flexibility index (Phi) is 3.41. The van der Waals surface area contributed by atoms with Gasteiger partial charge >= 0.3 is 0 Å². The highest BCUT2D eigenvalue weighted by Crippen LogP contribution is 2.39. The Bertz CT molecular complexity index is 799. The SMILES string of the molecule is C[C@H]1C[C@H]1C(=O)Nc1nc(-c2ccc3c(c2)CCC(=O)N3)cs1. The number of aryl methyl sites for hydroxylation is 1. The van der Waals surface area contributed by atoms with Crippen molar-refractivity contribution in [2.45, 2.75) is 26.2 Å². The van der Waals surface area contributed by atoms with Crippen molar-refractivity contribution in [3.8, 4) is 11.3 Å². The van der Waals surface area contributed by atoms with Crippen LogP contribution in [0.25, 0.3) is 11.3 Å². The third-order valence-corrected chi connectivity index (χ3v) is 5.23. The average molecular weight is 327 g/mol. The predicted molar refractivity (Wildman–Crippen MR) is 90.4 cm³/mol. The number of thiazole rings is 1. The highest BCUT2D eigenvalue weighted by molar-refractivity contribution is 7.14. The van der Waals surface area contributed by atoms with Crippen molar-refractivity contribution in [1.82, 2.24) is 4.98 Å². The highest BCUT2D eigenvalue weighted by Gasteiger charge is 2.39. The second kappa shape index (κ2) is 5.45. The molecule has 1 aliphatic heterocycles. The van der Waals surface area contributed by atoms with Gasteiger partial charge in [-0.1, -0.05) is 13.0 Å². The van der Waals surface area contributed by atoms with Gasteiger partial charge in [-0.05, 0) is 36.5 Å². The maximum absolute atomic E-state index is 12.0. The number of anilines is 2. The van der Waals surface area contributed by atoms with E-state index in [1.54, 1.807) is 0 Å². The Morgan fingerprint density at radius 3 is 3.00 bits per heavy atom. The van der Waals surface area contributed by atoms with E-state index < -0.39 is 0 Å². The van der Waals surface area contributed by atoms with Crippen LogP contribution in [0.3, 0.4) is 0 Å². The molecule has 0 saturated heterocycles. The summed E-state index contributed by atoms with van der Waals surface area (Å²) in [5.74, 6) is 0.782. The molecular weight excluding hydrogens is 310 g/mol. The van der Waals surface area contributed by atoms with Crippen LogP contribution in [0.1, 0.15) is 25.3 Å². The molecule has 1 aliphatic carbocycles. The first-order chi connectivity index (χ1) is 11.1. The van der Waals surface area contributed by atoms with Crippen molar-refractivity contribution in [3.63, 3.8) is 0 Å². The molecule has 2 aromatic rings. The van der Waals surface area contributed by atoms with Gasteiger partial charge in [-0.2, -0.15) is 0 Å². The largest absolute Gasteiger partial charge is 0.326 e. The van der Waals surface area contributed by atoms with Gasteiger partial charge in [0.25, 0.3) is 0 Å². The lowest BCUT2D eigenvalue weighted by Crippen LogP contribution is -2.18. The van der Waals surface area contributed by atoms with Crippen LogP contribution in [0, 0.1) is 11.8 Å². The molecule has 1 saturated carbocycles. The maximum atomic E-state index is 12.0. The number of amides is 2. The van der Waals surface area contributed by atoms with E-state index in [0.717, 1.165) is 35.3 Å². The molecule has 4 rings (SSSR count). The van der Waals surface area contributed by atoms with Crippen LogP contribution in [0.4, 0.5) is 10.8 Å². The van der Waals surface area contributed by atoms with Crippen LogP contribution in [0.2, 0.25) is 0 Å². The second-order valence-corrected chi connectivity index (χ2v) is 7.12. The summed E-state index contributed by atoms with van der Waals surface area (Å²) in [7, 11) is 0. The molecule has 2 aliphatic rings. The Labute approximate surface area is 138 Å². The average Bonchev–Trinajstić information content (AvgIpc) is 3.09. The van der Waals surface area contributed by atoms with Crippen LogP contribution < -0.4 is 10.6 Å². The first-order valence-electron chi connectivity index (χ1n) is 7.79. The normalized spacial score (nSPS) is 22.2. The highest BCUT2D eigenvalue weighted by atomic mass is 32.1. The first-order valence-corrected chi connectivity index (χ1v) is 8.67. The van der Waals surface area contributed by atoms with E-state index in [0.29, 0.717) is 17.5 Å². The minimum Gasteiger partial charge on any atom is -0.326 e. The Balaban J connectivity index is 1.52. The molecule has 118 valence electrons. The summed E-state index contributed by atoms with van der Waals surface area (Å²) in [6, 6.07) is 5.94. The number of carbonyl (C=O) groups excluding carboxylic acids is 2. The summed E-state index contributed by atoms with van der Waals surface area (Å²) in [5.41, 5.74) is 3.88. The minimum atomic E-state index is 0.0678. The van der Waals surface area contributed by atoms with Crippen LogP contribution in [0.15, 0.2) is 23.6 Å². The number of nitrogens with one attached hydrogen (secondary N) is 2. The number of fused-ring (bicyclic) bond motifs is 1. The lowest BCUT2D eigenvalue weighted by atomic mass is 9.99. The van der Waals surface area contributed by atoms with Gasteiger partial charge in [-0.3, -0.25) is 9.59 Å². The summed E-state index contributed by atoms with van der Waals surface area (Å²) in [6.07, 6.45) is 2.25. The van der Waals surface area contributed by atoms with Gasteiger partial charge in [0.05, 0.1) is 5.69 Å². The molecule has 1 aromatic heterocycles. The quantitative estimate of drug-likeness (QED) is 0.909. The summed E-state index contributed by atoms with van der Waals surface area (Å²) < 4.78 is 0. The van der Waals surface area contributed by atoms with Gasteiger partial charge in [0.2, 0.25) is 11.8 Å². The van der Waals surface area contributed by atoms with E-state index >= 15 is 0 Å². The van der Waals surface area contributed by atoms with Crippen molar-refractivity contribution in [3.05, 3.63) is 29.1 Å². The van der Waals surface area contributed by atoms with Crippen LogP contribution in [-0.4, -0.2) is 16.8 Å². The smallest absolute Gasteiger partial charge is 0.229 e. The molecule has 2 heterocycles. The molecule has 5 nitrogen and oxygen atoms in total. The standard InChI is InChI=1S/C17H17N3O2S/c1-9-6-12(9)16(22)20-17-19-14(8-23-17)11-2-4-13-10(7-11)3-5-15(21)18-13/h2,4,7-9,12H,3,5-6H2,1H3,(H,18,21)(H,19,20,22)/t9-,12+/m0/s1. The van der Waals surface area contributed by atoms with E-state index in [1.165, 1.54) is 11.3 Å². The third-order valence-electron chi connectivity index (χ3n) is 4.48. The summed E-state index contributed by atoms with van der Waals surface area (Å²) in [4.78, 5) is 27.9. The number of aromatic nitrogens is 1. The van der Waals surface area contributed by atoms with Gasteiger partial charge in [0.15, 0.2) is 5.13 Å². The molecule has 0 unspecified atom stereocenters. The molecule has 23 heavy (non-hydrogen) atoms. The molecule has 1 fully saturated rings. The predicted octanol–water partition coefficient (Wildman–Crippen LogP) is 3.29. The number of hydrogen-bond donors (Lipinski definition) is 2. The number of hydrogen-bond acceptors (Lipinski definition) is 4. The monoisotopic (exact) mass is 327 g/mol. The van der Waals surface area contributed by atoms with E-state index in [1.807, 2.05) is 17.5 Å². The number of carbonyl (C=O) groups is 2. The first kappa shape index (κ1) is 14.4. The Morgan fingerprint density at radius 2 is 2.22 bits per heavy atom. The molecule has 6 heteroatoms. The van der Waals surface area contributed by atoms with Gasteiger partial charge in [0.1, 0.15) is 0 Å².